The van der Waals surface area contributed by atoms with Crippen molar-refractivity contribution in [3.05, 3.63) is 28.2 Å². The van der Waals surface area contributed by atoms with Crippen molar-refractivity contribution in [1.82, 2.24) is 4.98 Å². The van der Waals surface area contributed by atoms with E-state index in [-0.39, 0.29) is 10.2 Å². The van der Waals surface area contributed by atoms with Crippen molar-refractivity contribution in [1.29, 1.82) is 0 Å². The first kappa shape index (κ1) is 8.62. The molecule has 0 unspecified atom stereocenters. The summed E-state index contributed by atoms with van der Waals surface area (Å²) in [5, 5.41) is -0.828. The van der Waals surface area contributed by atoms with Gasteiger partial charge in [0.2, 0.25) is 0 Å². The van der Waals surface area contributed by atoms with E-state index in [9.17, 15) is 9.18 Å². The lowest BCUT2D eigenvalue weighted by molar-refractivity contribution is 0.107. The molecule has 1 aromatic rings. The smallest absolute Gasteiger partial charge is 0.255 e. The summed E-state index contributed by atoms with van der Waals surface area (Å²) in [6.07, 6.45) is 1.29. The molecule has 1 heterocycles. The topological polar surface area (TPSA) is 30.0 Å². The van der Waals surface area contributed by atoms with E-state index in [1.54, 1.807) is 0 Å². The molecule has 0 aliphatic heterocycles. The fraction of sp³-hybridized carbons (Fsp3) is 0. The molecule has 0 bridgehead atoms. The standard InChI is InChI=1S/C6H2BrClFNO/c7-5-4(9)3(6(8)11)1-2-10-5/h1-2H. The van der Waals surface area contributed by atoms with Gasteiger partial charge >= 0.3 is 0 Å². The van der Waals surface area contributed by atoms with E-state index >= 15 is 0 Å². The lowest BCUT2D eigenvalue weighted by atomic mass is 10.3. The first-order chi connectivity index (χ1) is 5.13. The maximum Gasteiger partial charge on any atom is 0.255 e. The Labute approximate surface area is 75.5 Å². The zero-order valence-corrected chi connectivity index (χ0v) is 7.49. The molecule has 1 rings (SSSR count). The molecule has 5 heteroatoms. The van der Waals surface area contributed by atoms with Gasteiger partial charge in [-0.1, -0.05) is 0 Å². The number of halogens is 3. The number of nitrogens with zero attached hydrogens (tertiary/aromatic N) is 1. The predicted molar refractivity (Wildman–Crippen MR) is 42.1 cm³/mol. The van der Waals surface area contributed by atoms with Crippen LogP contribution in [-0.4, -0.2) is 10.2 Å². The molecule has 2 nitrogen and oxygen atoms in total. The Kier molecular flexibility index (Phi) is 2.57. The van der Waals surface area contributed by atoms with Crippen LogP contribution in [0.3, 0.4) is 0 Å². The minimum Gasteiger partial charge on any atom is -0.275 e. The van der Waals surface area contributed by atoms with Crippen LogP contribution < -0.4 is 0 Å². The third kappa shape index (κ3) is 1.75. The normalized spacial score (nSPS) is 9.73. The Bertz CT molecular complexity index is 305. The van der Waals surface area contributed by atoms with Gasteiger partial charge in [0.1, 0.15) is 4.60 Å². The molecule has 0 N–H and O–H groups in total. The second kappa shape index (κ2) is 3.28. The first-order valence-corrected chi connectivity index (χ1v) is 3.80. The van der Waals surface area contributed by atoms with Crippen molar-refractivity contribution in [2.45, 2.75) is 0 Å². The van der Waals surface area contributed by atoms with Crippen LogP contribution in [0.4, 0.5) is 4.39 Å². The van der Waals surface area contributed by atoms with Gasteiger partial charge in [0.15, 0.2) is 5.82 Å². The lowest BCUT2D eigenvalue weighted by Crippen LogP contribution is -1.96. The van der Waals surface area contributed by atoms with E-state index in [2.05, 4.69) is 20.9 Å². The number of aromatic nitrogens is 1. The molecule has 0 radical (unpaired) electrons. The monoisotopic (exact) mass is 237 g/mol. The number of hydrogen-bond donors (Lipinski definition) is 0. The van der Waals surface area contributed by atoms with E-state index in [1.165, 1.54) is 12.3 Å². The van der Waals surface area contributed by atoms with Crippen molar-refractivity contribution >= 4 is 32.8 Å². The lowest BCUT2D eigenvalue weighted by Gasteiger charge is -1.96. The van der Waals surface area contributed by atoms with Gasteiger partial charge in [-0.05, 0) is 33.6 Å². The zero-order chi connectivity index (χ0) is 8.43. The highest BCUT2D eigenvalue weighted by Gasteiger charge is 2.11. The number of carbonyl (C=O) groups is 1. The third-order valence-corrected chi connectivity index (χ3v) is 1.81. The molecule has 0 aliphatic carbocycles. The van der Waals surface area contributed by atoms with Crippen molar-refractivity contribution in [2.75, 3.05) is 0 Å². The minimum absolute atomic E-state index is 0.0102. The summed E-state index contributed by atoms with van der Waals surface area (Å²) in [6, 6.07) is 1.22. The summed E-state index contributed by atoms with van der Waals surface area (Å²) in [4.78, 5) is 14.0. The summed E-state index contributed by atoms with van der Waals surface area (Å²) in [6.45, 7) is 0. The molecule has 0 aromatic carbocycles. The molecule has 0 aliphatic rings. The van der Waals surface area contributed by atoms with Gasteiger partial charge in [0, 0.05) is 6.20 Å². The maximum atomic E-state index is 12.8. The molecular weight excluding hydrogens is 236 g/mol. The van der Waals surface area contributed by atoms with Gasteiger partial charge in [-0.3, -0.25) is 4.79 Å². The molecule has 11 heavy (non-hydrogen) atoms. The van der Waals surface area contributed by atoms with E-state index in [1.807, 2.05) is 0 Å². The summed E-state index contributed by atoms with van der Waals surface area (Å²) >= 11 is 7.87. The SMILES string of the molecule is O=C(Cl)c1ccnc(Br)c1F. The van der Waals surface area contributed by atoms with Crippen LogP contribution in [-0.2, 0) is 0 Å². The highest BCUT2D eigenvalue weighted by atomic mass is 79.9. The highest BCUT2D eigenvalue weighted by molar-refractivity contribution is 9.10. The Hall–Kier alpha value is -0.480. The Morgan fingerprint density at radius 3 is 2.82 bits per heavy atom. The van der Waals surface area contributed by atoms with Crippen LogP contribution >= 0.6 is 27.5 Å². The summed E-state index contributed by atoms with van der Waals surface area (Å²) in [5.74, 6) is -0.729. The molecule has 0 amide bonds. The maximum absolute atomic E-state index is 12.8. The fourth-order valence-corrected chi connectivity index (χ4v) is 1.05. The van der Waals surface area contributed by atoms with E-state index in [0.717, 1.165) is 0 Å². The molecule has 0 saturated heterocycles. The number of rotatable bonds is 1. The van der Waals surface area contributed by atoms with Crippen molar-refractivity contribution in [3.63, 3.8) is 0 Å². The van der Waals surface area contributed by atoms with E-state index in [4.69, 9.17) is 11.6 Å². The number of hydrogen-bond acceptors (Lipinski definition) is 2. The van der Waals surface area contributed by atoms with Gasteiger partial charge in [-0.15, -0.1) is 0 Å². The Balaban J connectivity index is 3.27. The molecule has 1 aromatic heterocycles. The Morgan fingerprint density at radius 2 is 2.36 bits per heavy atom. The Morgan fingerprint density at radius 1 is 1.73 bits per heavy atom. The van der Waals surface area contributed by atoms with Crippen LogP contribution in [0, 0.1) is 5.82 Å². The van der Waals surface area contributed by atoms with Crippen LogP contribution in [0.25, 0.3) is 0 Å². The van der Waals surface area contributed by atoms with Crippen molar-refractivity contribution in [3.8, 4) is 0 Å². The van der Waals surface area contributed by atoms with Gasteiger partial charge in [-0.2, -0.15) is 0 Å². The largest absolute Gasteiger partial charge is 0.275 e. The average molecular weight is 238 g/mol. The molecule has 0 spiro atoms. The quantitative estimate of drug-likeness (QED) is 0.555. The van der Waals surface area contributed by atoms with Gasteiger partial charge in [0.25, 0.3) is 5.24 Å². The van der Waals surface area contributed by atoms with Crippen LogP contribution in [0.1, 0.15) is 10.4 Å². The van der Waals surface area contributed by atoms with Crippen LogP contribution in [0.5, 0.6) is 0 Å². The number of pyridine rings is 1. The third-order valence-electron chi connectivity index (χ3n) is 1.06. The minimum atomic E-state index is -0.828. The summed E-state index contributed by atoms with van der Waals surface area (Å²) < 4.78 is 12.8. The fourth-order valence-electron chi connectivity index (χ4n) is 0.570. The molecule has 0 fully saturated rings. The zero-order valence-electron chi connectivity index (χ0n) is 5.14. The molecule has 0 saturated carbocycles. The number of carbonyl (C=O) groups excluding carboxylic acids is 1. The second-order valence-electron chi connectivity index (χ2n) is 1.74. The molecule has 58 valence electrons. The summed E-state index contributed by atoms with van der Waals surface area (Å²) in [5.41, 5.74) is -0.173. The van der Waals surface area contributed by atoms with Gasteiger partial charge < -0.3 is 0 Å². The van der Waals surface area contributed by atoms with Crippen LogP contribution in [0.15, 0.2) is 16.9 Å². The van der Waals surface area contributed by atoms with Crippen molar-refractivity contribution < 1.29 is 9.18 Å². The first-order valence-electron chi connectivity index (χ1n) is 2.62. The predicted octanol–water partition coefficient (Wildman–Crippen LogP) is 2.36. The van der Waals surface area contributed by atoms with E-state index < -0.39 is 11.1 Å². The van der Waals surface area contributed by atoms with Gasteiger partial charge in [-0.25, -0.2) is 9.37 Å². The van der Waals surface area contributed by atoms with Crippen molar-refractivity contribution in [2.24, 2.45) is 0 Å². The summed E-state index contributed by atoms with van der Waals surface area (Å²) in [7, 11) is 0. The molecule has 0 atom stereocenters. The van der Waals surface area contributed by atoms with Gasteiger partial charge in [0.05, 0.1) is 5.56 Å². The van der Waals surface area contributed by atoms with Crippen LogP contribution in [0.2, 0.25) is 0 Å². The van der Waals surface area contributed by atoms with E-state index in [0.29, 0.717) is 0 Å². The molecular formula is C6H2BrClFNO. The highest BCUT2D eigenvalue weighted by Crippen LogP contribution is 2.16. The second-order valence-corrected chi connectivity index (χ2v) is 2.83. The average Bonchev–Trinajstić information content (AvgIpc) is 1.94.